The van der Waals surface area contributed by atoms with E-state index in [0.29, 0.717) is 5.02 Å². The summed E-state index contributed by atoms with van der Waals surface area (Å²) in [5.41, 5.74) is 1.99. The van der Waals surface area contributed by atoms with Crippen LogP contribution in [-0.4, -0.2) is 6.54 Å². The summed E-state index contributed by atoms with van der Waals surface area (Å²) < 4.78 is 7.26. The highest BCUT2D eigenvalue weighted by atomic mass is 127. The predicted molar refractivity (Wildman–Crippen MR) is 93.8 cm³/mol. The van der Waals surface area contributed by atoms with Crippen LogP contribution in [0.25, 0.3) is 11.0 Å². The number of para-hydroxylation sites is 1. The number of rotatable bonds is 4. The molecule has 1 atom stereocenters. The van der Waals surface area contributed by atoms with Crippen LogP contribution in [0.5, 0.6) is 0 Å². The van der Waals surface area contributed by atoms with Crippen molar-refractivity contribution >= 4 is 56.5 Å². The lowest BCUT2D eigenvalue weighted by Gasteiger charge is -2.13. The van der Waals surface area contributed by atoms with Crippen LogP contribution >= 0.6 is 45.5 Å². The van der Waals surface area contributed by atoms with Gasteiger partial charge in [0.1, 0.15) is 5.76 Å². The van der Waals surface area contributed by atoms with Gasteiger partial charge in [0, 0.05) is 5.39 Å². The minimum Gasteiger partial charge on any atom is -0.457 e. The van der Waals surface area contributed by atoms with Crippen LogP contribution in [0.1, 0.15) is 24.3 Å². The van der Waals surface area contributed by atoms with Gasteiger partial charge >= 0.3 is 0 Å². The molecule has 2 aromatic heterocycles. The minimum absolute atomic E-state index is 0.0724. The van der Waals surface area contributed by atoms with Crippen LogP contribution < -0.4 is 5.32 Å². The first-order valence-corrected chi connectivity index (χ1v) is 8.68. The molecule has 3 aromatic rings. The standard InChI is InChI=1S/C15H13ClINOS/c1-2-18-14(10-7-13(17)20-8-10)12-6-9-4-3-5-11(16)15(9)19-12/h3-8,14,18H,2H2,1H3. The fourth-order valence-corrected chi connectivity index (χ4v) is 3.87. The fourth-order valence-electron chi connectivity index (χ4n) is 2.25. The molecule has 1 aromatic carbocycles. The van der Waals surface area contributed by atoms with Gasteiger partial charge in [-0.1, -0.05) is 30.7 Å². The molecule has 5 heteroatoms. The molecule has 0 radical (unpaired) electrons. The van der Waals surface area contributed by atoms with Crippen LogP contribution in [0.4, 0.5) is 0 Å². The summed E-state index contributed by atoms with van der Waals surface area (Å²) in [6, 6.07) is 10.1. The Morgan fingerprint density at radius 2 is 2.25 bits per heavy atom. The Labute approximate surface area is 140 Å². The molecular formula is C15H13ClINOS. The zero-order valence-electron chi connectivity index (χ0n) is 10.8. The van der Waals surface area contributed by atoms with Gasteiger partial charge in [-0.15, -0.1) is 11.3 Å². The lowest BCUT2D eigenvalue weighted by molar-refractivity contribution is 0.478. The summed E-state index contributed by atoms with van der Waals surface area (Å²) in [5, 5.41) is 7.34. The molecule has 0 bridgehead atoms. The maximum atomic E-state index is 6.19. The van der Waals surface area contributed by atoms with E-state index < -0.39 is 0 Å². The Hall–Kier alpha value is -0.560. The first kappa shape index (κ1) is 14.4. The Morgan fingerprint density at radius 1 is 1.40 bits per heavy atom. The van der Waals surface area contributed by atoms with Gasteiger partial charge in [0.05, 0.1) is 13.9 Å². The highest BCUT2D eigenvalue weighted by Crippen LogP contribution is 2.33. The summed E-state index contributed by atoms with van der Waals surface area (Å²) in [6.45, 7) is 2.97. The normalized spacial score (nSPS) is 12.9. The number of fused-ring (bicyclic) bond motifs is 1. The van der Waals surface area contributed by atoms with Crippen molar-refractivity contribution in [3.8, 4) is 0 Å². The Bertz CT molecular complexity index is 736. The van der Waals surface area contributed by atoms with Gasteiger partial charge < -0.3 is 9.73 Å². The summed E-state index contributed by atoms with van der Waals surface area (Å²) in [6.07, 6.45) is 0. The summed E-state index contributed by atoms with van der Waals surface area (Å²) >= 11 is 10.3. The summed E-state index contributed by atoms with van der Waals surface area (Å²) in [5.74, 6) is 0.907. The average Bonchev–Trinajstić information content (AvgIpc) is 3.03. The van der Waals surface area contributed by atoms with E-state index in [1.54, 1.807) is 11.3 Å². The maximum Gasteiger partial charge on any atom is 0.152 e. The smallest absolute Gasteiger partial charge is 0.152 e. The molecule has 1 unspecified atom stereocenters. The lowest BCUT2D eigenvalue weighted by Crippen LogP contribution is -2.20. The molecule has 0 aliphatic rings. The van der Waals surface area contributed by atoms with Crippen molar-refractivity contribution in [1.82, 2.24) is 5.32 Å². The van der Waals surface area contributed by atoms with Crippen LogP contribution in [0, 0.1) is 2.88 Å². The number of benzene rings is 1. The minimum atomic E-state index is 0.0724. The molecule has 3 rings (SSSR count). The van der Waals surface area contributed by atoms with Gasteiger partial charge in [0.25, 0.3) is 0 Å². The zero-order chi connectivity index (χ0) is 14.1. The number of hydrogen-bond acceptors (Lipinski definition) is 3. The van der Waals surface area contributed by atoms with Crippen molar-refractivity contribution in [3.05, 3.63) is 54.9 Å². The van der Waals surface area contributed by atoms with Crippen molar-refractivity contribution in [3.63, 3.8) is 0 Å². The first-order valence-electron chi connectivity index (χ1n) is 6.34. The Morgan fingerprint density at radius 3 is 2.90 bits per heavy atom. The van der Waals surface area contributed by atoms with Crippen LogP contribution in [0.2, 0.25) is 5.02 Å². The molecule has 0 spiro atoms. The molecular weight excluding hydrogens is 405 g/mol. The van der Waals surface area contributed by atoms with Gasteiger partial charge in [-0.05, 0) is 58.3 Å². The van der Waals surface area contributed by atoms with Gasteiger partial charge in [0.15, 0.2) is 5.58 Å². The Kier molecular flexibility index (Phi) is 4.35. The van der Waals surface area contributed by atoms with Gasteiger partial charge in [-0.3, -0.25) is 0 Å². The van der Waals surface area contributed by atoms with Crippen molar-refractivity contribution in [2.45, 2.75) is 13.0 Å². The van der Waals surface area contributed by atoms with Crippen LogP contribution in [-0.2, 0) is 0 Å². The van der Waals surface area contributed by atoms with E-state index in [4.69, 9.17) is 16.0 Å². The van der Waals surface area contributed by atoms with Crippen molar-refractivity contribution in [2.75, 3.05) is 6.54 Å². The topological polar surface area (TPSA) is 25.2 Å². The SMILES string of the molecule is CCNC(c1csc(I)c1)c1cc2cccc(Cl)c2o1. The van der Waals surface area contributed by atoms with E-state index in [9.17, 15) is 0 Å². The Balaban J connectivity index is 2.07. The van der Waals surface area contributed by atoms with Gasteiger partial charge in [-0.2, -0.15) is 0 Å². The van der Waals surface area contributed by atoms with E-state index in [1.807, 2.05) is 18.2 Å². The molecule has 2 heterocycles. The molecule has 0 saturated carbocycles. The molecule has 0 amide bonds. The number of thiophene rings is 1. The largest absolute Gasteiger partial charge is 0.457 e. The molecule has 2 nitrogen and oxygen atoms in total. The number of halogens is 2. The summed E-state index contributed by atoms with van der Waals surface area (Å²) in [4.78, 5) is 0. The first-order chi connectivity index (χ1) is 9.69. The second-order valence-corrected chi connectivity index (χ2v) is 7.69. The predicted octanol–water partition coefficient (Wildman–Crippen LogP) is 5.45. The van der Waals surface area contributed by atoms with E-state index in [1.165, 1.54) is 8.45 Å². The highest BCUT2D eigenvalue weighted by molar-refractivity contribution is 14.1. The molecule has 0 aliphatic carbocycles. The van der Waals surface area contributed by atoms with E-state index in [-0.39, 0.29) is 6.04 Å². The number of nitrogens with one attached hydrogen (secondary N) is 1. The molecule has 104 valence electrons. The van der Waals surface area contributed by atoms with Gasteiger partial charge in [0.2, 0.25) is 0 Å². The summed E-state index contributed by atoms with van der Waals surface area (Å²) in [7, 11) is 0. The van der Waals surface area contributed by atoms with E-state index in [0.717, 1.165) is 23.3 Å². The number of hydrogen-bond donors (Lipinski definition) is 1. The monoisotopic (exact) mass is 417 g/mol. The fraction of sp³-hybridized carbons (Fsp3) is 0.200. The van der Waals surface area contributed by atoms with E-state index in [2.05, 4.69) is 52.3 Å². The van der Waals surface area contributed by atoms with E-state index >= 15 is 0 Å². The third-order valence-corrected chi connectivity index (χ3v) is 5.23. The van der Waals surface area contributed by atoms with Crippen molar-refractivity contribution in [2.24, 2.45) is 0 Å². The second-order valence-electron chi connectivity index (χ2n) is 4.48. The highest BCUT2D eigenvalue weighted by Gasteiger charge is 2.19. The molecule has 0 aliphatic heterocycles. The molecule has 0 saturated heterocycles. The number of furan rings is 1. The zero-order valence-corrected chi connectivity index (χ0v) is 14.6. The lowest BCUT2D eigenvalue weighted by atomic mass is 10.1. The second kappa shape index (κ2) is 6.05. The maximum absolute atomic E-state index is 6.19. The van der Waals surface area contributed by atoms with Crippen LogP contribution in [0.3, 0.4) is 0 Å². The van der Waals surface area contributed by atoms with Crippen LogP contribution in [0.15, 0.2) is 40.1 Å². The van der Waals surface area contributed by atoms with Crippen molar-refractivity contribution < 1.29 is 4.42 Å². The average molecular weight is 418 g/mol. The quantitative estimate of drug-likeness (QED) is 0.571. The van der Waals surface area contributed by atoms with Gasteiger partial charge in [-0.25, -0.2) is 0 Å². The molecule has 0 fully saturated rings. The molecule has 20 heavy (non-hydrogen) atoms. The van der Waals surface area contributed by atoms with Crippen molar-refractivity contribution in [1.29, 1.82) is 0 Å². The molecule has 1 N–H and O–H groups in total. The third-order valence-electron chi connectivity index (χ3n) is 3.13. The third kappa shape index (κ3) is 2.74.